The summed E-state index contributed by atoms with van der Waals surface area (Å²) in [4.78, 5) is 10.3. The number of rotatable bonds is 5. The summed E-state index contributed by atoms with van der Waals surface area (Å²) in [7, 11) is 0. The normalized spacial score (nSPS) is 13.0. The first kappa shape index (κ1) is 30.3. The van der Waals surface area contributed by atoms with E-state index < -0.39 is 0 Å². The van der Waals surface area contributed by atoms with Crippen LogP contribution in [0.3, 0.4) is 0 Å². The summed E-state index contributed by atoms with van der Waals surface area (Å²) in [5, 5.41) is 2.54. The van der Waals surface area contributed by atoms with Crippen molar-refractivity contribution in [2.45, 2.75) is 19.3 Å². The number of benzene rings is 7. The molecule has 9 aromatic rings. The van der Waals surface area contributed by atoms with Gasteiger partial charge in [-0.25, -0.2) is 9.97 Å². The molecule has 0 N–H and O–H groups in total. The van der Waals surface area contributed by atoms with E-state index in [1.165, 1.54) is 55.2 Å². The maximum atomic E-state index is 5.17. The zero-order valence-electron chi connectivity index (χ0n) is 29.1. The summed E-state index contributed by atoms with van der Waals surface area (Å²) in [6, 6.07) is 62.7. The molecule has 246 valence electrons. The SMILES string of the molecule is CC1(C)c2ccccc2-c2ccc3c4ccccc4n(-c4ccc(-c5nc(-c6ccccc6)cc(-c6ccc(-c7ccccc7)cc6)n5)cc4)c3c21. The molecule has 1 aliphatic carbocycles. The minimum absolute atomic E-state index is 0.140. The first-order chi connectivity index (χ1) is 25.5. The van der Waals surface area contributed by atoms with Gasteiger partial charge in [0.25, 0.3) is 0 Å². The Kier molecular flexibility index (Phi) is 6.84. The Morgan fingerprint density at radius 2 is 1.00 bits per heavy atom. The molecule has 3 nitrogen and oxygen atoms in total. The monoisotopic (exact) mass is 665 g/mol. The van der Waals surface area contributed by atoms with E-state index in [0.717, 1.165) is 33.8 Å². The average Bonchev–Trinajstić information content (AvgIpc) is 3.67. The molecule has 0 bridgehead atoms. The van der Waals surface area contributed by atoms with Crippen molar-refractivity contribution in [1.29, 1.82) is 0 Å². The zero-order chi connectivity index (χ0) is 34.8. The Labute approximate surface area is 303 Å². The molecular formula is C49H35N3. The fourth-order valence-corrected chi connectivity index (χ4v) is 8.29. The molecule has 2 aromatic heterocycles. The second-order valence-corrected chi connectivity index (χ2v) is 14.2. The highest BCUT2D eigenvalue weighted by Crippen LogP contribution is 2.52. The molecule has 0 radical (unpaired) electrons. The van der Waals surface area contributed by atoms with Crippen LogP contribution in [0.25, 0.3) is 83.6 Å². The minimum atomic E-state index is -0.140. The van der Waals surface area contributed by atoms with E-state index in [1.807, 2.05) is 12.1 Å². The van der Waals surface area contributed by atoms with Crippen molar-refractivity contribution in [2.24, 2.45) is 0 Å². The largest absolute Gasteiger partial charge is 0.309 e. The van der Waals surface area contributed by atoms with Crippen molar-refractivity contribution in [3.05, 3.63) is 187 Å². The third-order valence-corrected chi connectivity index (χ3v) is 10.8. The summed E-state index contributed by atoms with van der Waals surface area (Å²) in [6.07, 6.45) is 0. The molecule has 0 spiro atoms. The predicted molar refractivity (Wildman–Crippen MR) is 216 cm³/mol. The molecule has 3 heteroatoms. The molecule has 0 saturated heterocycles. The van der Waals surface area contributed by atoms with Crippen LogP contribution in [0.1, 0.15) is 25.0 Å². The Bertz CT molecular complexity index is 2780. The van der Waals surface area contributed by atoms with E-state index in [2.05, 4.69) is 182 Å². The van der Waals surface area contributed by atoms with Crippen LogP contribution in [0.15, 0.2) is 176 Å². The van der Waals surface area contributed by atoms with Gasteiger partial charge in [-0.2, -0.15) is 0 Å². The van der Waals surface area contributed by atoms with Crippen molar-refractivity contribution < 1.29 is 0 Å². The Hall–Kier alpha value is -6.58. The molecule has 7 aromatic carbocycles. The molecule has 0 atom stereocenters. The van der Waals surface area contributed by atoms with Crippen LogP contribution in [0.4, 0.5) is 0 Å². The lowest BCUT2D eigenvalue weighted by atomic mass is 9.81. The first-order valence-electron chi connectivity index (χ1n) is 17.9. The summed E-state index contributed by atoms with van der Waals surface area (Å²) in [6.45, 7) is 4.73. The van der Waals surface area contributed by atoms with E-state index in [-0.39, 0.29) is 5.41 Å². The van der Waals surface area contributed by atoms with Crippen LogP contribution in [-0.2, 0) is 5.41 Å². The van der Waals surface area contributed by atoms with Gasteiger partial charge in [0.15, 0.2) is 5.82 Å². The quantitative estimate of drug-likeness (QED) is 0.183. The zero-order valence-corrected chi connectivity index (χ0v) is 29.1. The predicted octanol–water partition coefficient (Wildman–Crippen LogP) is 12.5. The van der Waals surface area contributed by atoms with Gasteiger partial charge in [0.05, 0.1) is 22.4 Å². The van der Waals surface area contributed by atoms with Crippen molar-refractivity contribution >= 4 is 21.8 Å². The van der Waals surface area contributed by atoms with Crippen LogP contribution in [-0.4, -0.2) is 14.5 Å². The third-order valence-electron chi connectivity index (χ3n) is 10.8. The van der Waals surface area contributed by atoms with Gasteiger partial charge < -0.3 is 4.57 Å². The van der Waals surface area contributed by atoms with E-state index in [0.29, 0.717) is 5.82 Å². The molecule has 0 amide bonds. The summed E-state index contributed by atoms with van der Waals surface area (Å²) in [5.74, 6) is 0.703. The van der Waals surface area contributed by atoms with Crippen molar-refractivity contribution in [3.63, 3.8) is 0 Å². The molecule has 0 aliphatic heterocycles. The van der Waals surface area contributed by atoms with Crippen LogP contribution >= 0.6 is 0 Å². The second-order valence-electron chi connectivity index (χ2n) is 14.2. The lowest BCUT2D eigenvalue weighted by molar-refractivity contribution is 0.664. The first-order valence-corrected chi connectivity index (χ1v) is 17.9. The third kappa shape index (κ3) is 4.74. The van der Waals surface area contributed by atoms with Gasteiger partial charge in [0.1, 0.15) is 0 Å². The molecule has 0 saturated carbocycles. The summed E-state index contributed by atoms with van der Waals surface area (Å²) in [5.41, 5.74) is 16.1. The molecule has 0 unspecified atom stereocenters. The lowest BCUT2D eigenvalue weighted by Gasteiger charge is -2.23. The van der Waals surface area contributed by atoms with E-state index in [9.17, 15) is 0 Å². The van der Waals surface area contributed by atoms with Crippen LogP contribution in [0.5, 0.6) is 0 Å². The summed E-state index contributed by atoms with van der Waals surface area (Å²) < 4.78 is 2.46. The van der Waals surface area contributed by atoms with E-state index in [1.54, 1.807) is 0 Å². The highest BCUT2D eigenvalue weighted by atomic mass is 15.0. The van der Waals surface area contributed by atoms with E-state index in [4.69, 9.17) is 9.97 Å². The van der Waals surface area contributed by atoms with Crippen LogP contribution in [0, 0.1) is 0 Å². The number of aromatic nitrogens is 3. The molecular weight excluding hydrogens is 631 g/mol. The van der Waals surface area contributed by atoms with Gasteiger partial charge in [-0.15, -0.1) is 0 Å². The maximum Gasteiger partial charge on any atom is 0.160 e. The number of fused-ring (bicyclic) bond motifs is 7. The van der Waals surface area contributed by atoms with Crippen molar-refractivity contribution in [2.75, 3.05) is 0 Å². The fourth-order valence-electron chi connectivity index (χ4n) is 8.29. The Morgan fingerprint density at radius 1 is 0.442 bits per heavy atom. The highest BCUT2D eigenvalue weighted by Gasteiger charge is 2.38. The number of nitrogens with zero attached hydrogens (tertiary/aromatic N) is 3. The summed E-state index contributed by atoms with van der Waals surface area (Å²) >= 11 is 0. The number of hydrogen-bond donors (Lipinski definition) is 0. The van der Waals surface area contributed by atoms with Gasteiger partial charge in [0, 0.05) is 38.6 Å². The minimum Gasteiger partial charge on any atom is -0.309 e. The Balaban J connectivity index is 1.11. The van der Waals surface area contributed by atoms with E-state index >= 15 is 0 Å². The molecule has 52 heavy (non-hydrogen) atoms. The molecule has 10 rings (SSSR count). The smallest absolute Gasteiger partial charge is 0.160 e. The van der Waals surface area contributed by atoms with Crippen molar-refractivity contribution in [1.82, 2.24) is 14.5 Å². The van der Waals surface area contributed by atoms with Gasteiger partial charge in [-0.05, 0) is 69.8 Å². The second kappa shape index (κ2) is 11.8. The lowest BCUT2D eigenvalue weighted by Crippen LogP contribution is -2.16. The maximum absolute atomic E-state index is 5.17. The topological polar surface area (TPSA) is 30.7 Å². The Morgan fingerprint density at radius 3 is 1.73 bits per heavy atom. The van der Waals surface area contributed by atoms with Gasteiger partial charge >= 0.3 is 0 Å². The van der Waals surface area contributed by atoms with Gasteiger partial charge in [0.2, 0.25) is 0 Å². The standard InChI is InChI=1S/C49H35N3/c1-49(2)42-19-11-9-17-38(42)40-29-30-41-39-18-10-12-20-45(39)52(47(41)46(40)49)37-27-25-36(26-28-37)48-50-43(34-15-7-4-8-16-34)31-44(51-48)35-23-21-33(22-24-35)32-13-5-3-6-14-32/h3-31H,1-2H3. The molecule has 2 heterocycles. The number of para-hydroxylation sites is 1. The van der Waals surface area contributed by atoms with Crippen molar-refractivity contribution in [3.8, 4) is 61.8 Å². The highest BCUT2D eigenvalue weighted by molar-refractivity contribution is 6.13. The molecule has 1 aliphatic rings. The van der Waals surface area contributed by atoms with Crippen LogP contribution < -0.4 is 0 Å². The van der Waals surface area contributed by atoms with Gasteiger partial charge in [-0.1, -0.05) is 153 Å². The van der Waals surface area contributed by atoms with Gasteiger partial charge in [-0.3, -0.25) is 0 Å². The molecule has 0 fully saturated rings. The number of hydrogen-bond acceptors (Lipinski definition) is 2. The average molecular weight is 666 g/mol. The fraction of sp³-hybridized carbons (Fsp3) is 0.0612. The van der Waals surface area contributed by atoms with Crippen LogP contribution in [0.2, 0.25) is 0 Å².